The molecule has 1 aromatic heterocycles. The fourth-order valence-corrected chi connectivity index (χ4v) is 2.56. The molecule has 0 unspecified atom stereocenters. The number of hydrogen-bond donors (Lipinski definition) is 2. The molecule has 25 heavy (non-hydrogen) atoms. The van der Waals surface area contributed by atoms with E-state index in [0.717, 1.165) is 17.3 Å². The van der Waals surface area contributed by atoms with E-state index in [2.05, 4.69) is 15.6 Å². The van der Waals surface area contributed by atoms with E-state index in [1.54, 1.807) is 12.3 Å². The number of fused-ring (bicyclic) bond motifs is 1. The number of ether oxygens (including phenoxy) is 2. The predicted molar refractivity (Wildman–Crippen MR) is 96.3 cm³/mol. The molecule has 1 aliphatic heterocycles. The summed E-state index contributed by atoms with van der Waals surface area (Å²) < 4.78 is 11.5. The molecule has 0 bridgehead atoms. The molecule has 0 saturated heterocycles. The van der Waals surface area contributed by atoms with Crippen LogP contribution in [0.4, 0.5) is 5.82 Å². The summed E-state index contributed by atoms with van der Waals surface area (Å²) in [6.45, 7) is 5.08. The summed E-state index contributed by atoms with van der Waals surface area (Å²) in [6.07, 6.45) is 2.20. The minimum atomic E-state index is -0.138. The molecule has 132 valence electrons. The molecule has 6 nitrogen and oxygen atoms in total. The van der Waals surface area contributed by atoms with Crippen LogP contribution in [0, 0.1) is 0 Å². The zero-order chi connectivity index (χ0) is 17.6. The highest BCUT2D eigenvalue weighted by atomic mass is 16.6. The van der Waals surface area contributed by atoms with Gasteiger partial charge in [-0.2, -0.15) is 0 Å². The van der Waals surface area contributed by atoms with E-state index in [1.165, 1.54) is 0 Å². The van der Waals surface area contributed by atoms with Crippen LogP contribution in [0.3, 0.4) is 0 Å². The number of nitrogens with zero attached hydrogens (tertiary/aromatic N) is 1. The first-order valence-electron chi connectivity index (χ1n) is 8.51. The Bertz CT molecular complexity index is 716. The van der Waals surface area contributed by atoms with Gasteiger partial charge in [-0.1, -0.05) is 12.1 Å². The lowest BCUT2D eigenvalue weighted by Gasteiger charge is -2.26. The highest BCUT2D eigenvalue weighted by molar-refractivity contribution is 5.94. The number of carbonyl (C=O) groups excluding carboxylic acids is 1. The molecule has 0 aliphatic carbocycles. The van der Waals surface area contributed by atoms with Gasteiger partial charge in [0.25, 0.3) is 5.91 Å². The van der Waals surface area contributed by atoms with Crippen molar-refractivity contribution in [3.63, 3.8) is 0 Å². The Morgan fingerprint density at radius 3 is 2.76 bits per heavy atom. The highest BCUT2D eigenvalue weighted by Gasteiger charge is 2.20. The maximum absolute atomic E-state index is 12.2. The zero-order valence-electron chi connectivity index (χ0n) is 14.5. The van der Waals surface area contributed by atoms with Crippen LogP contribution in [-0.2, 0) is 0 Å². The number of carbonyl (C=O) groups is 1. The second kappa shape index (κ2) is 7.88. The summed E-state index contributed by atoms with van der Waals surface area (Å²) in [6, 6.07) is 11.5. The van der Waals surface area contributed by atoms with Gasteiger partial charge >= 0.3 is 0 Å². The normalized spacial score (nSPS) is 15.7. The van der Waals surface area contributed by atoms with Crippen LogP contribution in [0.25, 0.3) is 0 Å². The van der Waals surface area contributed by atoms with Crippen LogP contribution in [0.15, 0.2) is 42.6 Å². The molecule has 0 fully saturated rings. The quantitative estimate of drug-likeness (QED) is 0.845. The van der Waals surface area contributed by atoms with Gasteiger partial charge in [0.05, 0.1) is 5.56 Å². The number of nitrogens with one attached hydrogen (secondary N) is 2. The average Bonchev–Trinajstić information content (AvgIpc) is 2.61. The number of anilines is 1. The molecule has 1 aliphatic rings. The van der Waals surface area contributed by atoms with Crippen molar-refractivity contribution in [2.45, 2.75) is 32.4 Å². The number of hydrogen-bond acceptors (Lipinski definition) is 5. The molecule has 2 heterocycles. The van der Waals surface area contributed by atoms with Crippen molar-refractivity contribution in [2.75, 3.05) is 18.5 Å². The average molecular weight is 341 g/mol. The molecular formula is C19H23N3O3. The minimum Gasteiger partial charge on any atom is -0.486 e. The number of para-hydroxylation sites is 2. The van der Waals surface area contributed by atoms with Gasteiger partial charge in [0.1, 0.15) is 18.5 Å². The Hall–Kier alpha value is -2.76. The van der Waals surface area contributed by atoms with Crippen molar-refractivity contribution < 1.29 is 14.3 Å². The maximum Gasteiger partial charge on any atom is 0.252 e. The van der Waals surface area contributed by atoms with Crippen LogP contribution >= 0.6 is 0 Å². The molecule has 0 radical (unpaired) electrons. The molecular weight excluding hydrogens is 318 g/mol. The van der Waals surface area contributed by atoms with Crippen LogP contribution < -0.4 is 20.1 Å². The standard InChI is InChI=1S/C19H23N3O3/c1-13(2)22-18-8-7-14(11-21-18)19(23)20-10-9-15-12-24-16-5-3-4-6-17(16)25-15/h3-8,11,13,15H,9-10,12H2,1-2H3,(H,20,23)(H,21,22)/t15-/m0/s1. The fraction of sp³-hybridized carbons (Fsp3) is 0.368. The van der Waals surface area contributed by atoms with Crippen LogP contribution in [-0.4, -0.2) is 36.2 Å². The number of amides is 1. The van der Waals surface area contributed by atoms with E-state index in [9.17, 15) is 4.79 Å². The largest absolute Gasteiger partial charge is 0.486 e. The van der Waals surface area contributed by atoms with E-state index < -0.39 is 0 Å². The SMILES string of the molecule is CC(C)Nc1ccc(C(=O)NCC[C@H]2COc3ccccc3O2)cn1. The van der Waals surface area contributed by atoms with E-state index in [-0.39, 0.29) is 12.0 Å². The van der Waals surface area contributed by atoms with Gasteiger partial charge in [0.2, 0.25) is 0 Å². The summed E-state index contributed by atoms with van der Waals surface area (Å²) in [5, 5.41) is 6.09. The maximum atomic E-state index is 12.2. The fourth-order valence-electron chi connectivity index (χ4n) is 2.56. The molecule has 6 heteroatoms. The topological polar surface area (TPSA) is 72.5 Å². The number of benzene rings is 1. The van der Waals surface area contributed by atoms with E-state index in [0.29, 0.717) is 31.2 Å². The van der Waals surface area contributed by atoms with Crippen molar-refractivity contribution in [1.29, 1.82) is 0 Å². The Morgan fingerprint density at radius 2 is 2.04 bits per heavy atom. The molecule has 1 aromatic carbocycles. The molecule has 1 atom stereocenters. The summed E-state index contributed by atoms with van der Waals surface area (Å²) in [7, 11) is 0. The first-order valence-corrected chi connectivity index (χ1v) is 8.51. The van der Waals surface area contributed by atoms with Crippen molar-refractivity contribution in [2.24, 2.45) is 0 Å². The van der Waals surface area contributed by atoms with E-state index in [1.807, 2.05) is 44.2 Å². The minimum absolute atomic E-state index is 0.0639. The van der Waals surface area contributed by atoms with Gasteiger partial charge in [0, 0.05) is 25.2 Å². The van der Waals surface area contributed by atoms with E-state index >= 15 is 0 Å². The predicted octanol–water partition coefficient (Wildman–Crippen LogP) is 2.86. The van der Waals surface area contributed by atoms with Gasteiger partial charge in [-0.15, -0.1) is 0 Å². The van der Waals surface area contributed by atoms with Gasteiger partial charge in [0.15, 0.2) is 11.5 Å². The van der Waals surface area contributed by atoms with Crippen molar-refractivity contribution in [3.8, 4) is 11.5 Å². The van der Waals surface area contributed by atoms with Crippen LogP contribution in [0.1, 0.15) is 30.6 Å². The lowest BCUT2D eigenvalue weighted by Crippen LogP contribution is -2.34. The third-order valence-electron chi connectivity index (χ3n) is 3.78. The van der Waals surface area contributed by atoms with Gasteiger partial charge < -0.3 is 20.1 Å². The summed E-state index contributed by atoms with van der Waals surface area (Å²) in [4.78, 5) is 16.4. The monoisotopic (exact) mass is 341 g/mol. The lowest BCUT2D eigenvalue weighted by atomic mass is 10.2. The molecule has 1 amide bonds. The second-order valence-corrected chi connectivity index (χ2v) is 6.27. The third kappa shape index (κ3) is 4.62. The molecule has 0 spiro atoms. The van der Waals surface area contributed by atoms with Gasteiger partial charge in [-0.3, -0.25) is 4.79 Å². The Kier molecular flexibility index (Phi) is 5.38. The first kappa shape index (κ1) is 17.1. The second-order valence-electron chi connectivity index (χ2n) is 6.27. The summed E-state index contributed by atoms with van der Waals surface area (Å²) in [5.41, 5.74) is 0.542. The zero-order valence-corrected chi connectivity index (χ0v) is 14.5. The first-order chi connectivity index (χ1) is 12.1. The Labute approximate surface area is 147 Å². The van der Waals surface area contributed by atoms with Crippen molar-refractivity contribution in [3.05, 3.63) is 48.2 Å². The van der Waals surface area contributed by atoms with Crippen LogP contribution in [0.5, 0.6) is 11.5 Å². The number of pyridine rings is 1. The van der Waals surface area contributed by atoms with E-state index in [4.69, 9.17) is 9.47 Å². The summed E-state index contributed by atoms with van der Waals surface area (Å²) in [5.74, 6) is 2.14. The Morgan fingerprint density at radius 1 is 1.24 bits per heavy atom. The summed E-state index contributed by atoms with van der Waals surface area (Å²) >= 11 is 0. The lowest BCUT2D eigenvalue weighted by molar-refractivity contribution is 0.0812. The van der Waals surface area contributed by atoms with Gasteiger partial charge in [-0.25, -0.2) is 4.98 Å². The number of rotatable bonds is 6. The Balaban J connectivity index is 1.45. The van der Waals surface area contributed by atoms with Gasteiger partial charge in [-0.05, 0) is 38.1 Å². The smallest absolute Gasteiger partial charge is 0.252 e. The number of aromatic nitrogens is 1. The van der Waals surface area contributed by atoms with Crippen molar-refractivity contribution in [1.82, 2.24) is 10.3 Å². The van der Waals surface area contributed by atoms with Crippen LogP contribution in [0.2, 0.25) is 0 Å². The molecule has 3 rings (SSSR count). The highest BCUT2D eigenvalue weighted by Crippen LogP contribution is 2.31. The third-order valence-corrected chi connectivity index (χ3v) is 3.78. The van der Waals surface area contributed by atoms with Crippen molar-refractivity contribution >= 4 is 11.7 Å². The molecule has 0 saturated carbocycles. The molecule has 2 aromatic rings. The molecule has 2 N–H and O–H groups in total.